The summed E-state index contributed by atoms with van der Waals surface area (Å²) in [6.07, 6.45) is 2.93. The van der Waals surface area contributed by atoms with E-state index in [9.17, 15) is 9.59 Å². The number of benzene rings is 1. The number of anilines is 1. The molecule has 0 atom stereocenters. The van der Waals surface area contributed by atoms with Crippen LogP contribution in [0.4, 0.5) is 5.69 Å². The van der Waals surface area contributed by atoms with Gasteiger partial charge < -0.3 is 5.73 Å². The average Bonchev–Trinajstić information content (AvgIpc) is 2.72. The van der Waals surface area contributed by atoms with Gasteiger partial charge in [0.1, 0.15) is 0 Å². The second-order valence-electron chi connectivity index (χ2n) is 4.24. The Morgan fingerprint density at radius 3 is 2.32 bits per heavy atom. The van der Waals surface area contributed by atoms with Crippen molar-refractivity contribution in [2.24, 2.45) is 5.73 Å². The summed E-state index contributed by atoms with van der Waals surface area (Å²) in [6, 6.07) is 8.60. The summed E-state index contributed by atoms with van der Waals surface area (Å²) in [5, 5.41) is 0. The SMILES string of the molecule is NCc1ccc(N2C(=O)c3ccncc3C2=O)cc1. The first-order valence-electron chi connectivity index (χ1n) is 5.84. The molecule has 0 aliphatic carbocycles. The van der Waals surface area contributed by atoms with Crippen molar-refractivity contribution in [1.82, 2.24) is 4.98 Å². The van der Waals surface area contributed by atoms with E-state index < -0.39 is 0 Å². The number of aromatic nitrogens is 1. The van der Waals surface area contributed by atoms with Gasteiger partial charge in [0.2, 0.25) is 0 Å². The molecule has 1 aliphatic heterocycles. The van der Waals surface area contributed by atoms with Crippen LogP contribution in [0.25, 0.3) is 0 Å². The Kier molecular flexibility index (Phi) is 2.61. The van der Waals surface area contributed by atoms with E-state index in [1.807, 2.05) is 0 Å². The fraction of sp³-hybridized carbons (Fsp3) is 0.0714. The molecule has 0 spiro atoms. The molecule has 19 heavy (non-hydrogen) atoms. The van der Waals surface area contributed by atoms with Crippen molar-refractivity contribution >= 4 is 17.5 Å². The van der Waals surface area contributed by atoms with Gasteiger partial charge in [0.05, 0.1) is 16.8 Å². The van der Waals surface area contributed by atoms with E-state index in [1.165, 1.54) is 12.4 Å². The number of fused-ring (bicyclic) bond motifs is 1. The Morgan fingerprint density at radius 1 is 1.00 bits per heavy atom. The molecular formula is C14H11N3O2. The predicted molar refractivity (Wildman–Crippen MR) is 69.7 cm³/mol. The highest BCUT2D eigenvalue weighted by Crippen LogP contribution is 2.27. The van der Waals surface area contributed by atoms with Crippen molar-refractivity contribution in [1.29, 1.82) is 0 Å². The molecule has 1 aromatic carbocycles. The first-order chi connectivity index (χ1) is 9.22. The number of hydrogen-bond acceptors (Lipinski definition) is 4. The van der Waals surface area contributed by atoms with E-state index in [2.05, 4.69) is 4.98 Å². The smallest absolute Gasteiger partial charge is 0.267 e. The largest absolute Gasteiger partial charge is 0.326 e. The molecule has 2 N–H and O–H groups in total. The third-order valence-corrected chi connectivity index (χ3v) is 3.12. The van der Waals surface area contributed by atoms with Gasteiger partial charge >= 0.3 is 0 Å². The van der Waals surface area contributed by atoms with Crippen LogP contribution < -0.4 is 10.6 Å². The second kappa shape index (κ2) is 4.29. The molecule has 2 amide bonds. The lowest BCUT2D eigenvalue weighted by Gasteiger charge is -2.14. The summed E-state index contributed by atoms with van der Waals surface area (Å²) in [5.74, 6) is -0.656. The molecule has 2 heterocycles. The Labute approximate surface area is 109 Å². The van der Waals surface area contributed by atoms with Gasteiger partial charge in [-0.05, 0) is 23.8 Å². The Bertz CT molecular complexity index is 630. The van der Waals surface area contributed by atoms with Crippen LogP contribution in [0.5, 0.6) is 0 Å². The van der Waals surface area contributed by atoms with Gasteiger partial charge in [-0.1, -0.05) is 12.1 Å². The van der Waals surface area contributed by atoms with Gasteiger partial charge in [0.25, 0.3) is 11.8 Å². The lowest BCUT2D eigenvalue weighted by Crippen LogP contribution is -2.29. The number of hydrogen-bond donors (Lipinski definition) is 1. The fourth-order valence-corrected chi connectivity index (χ4v) is 2.10. The topological polar surface area (TPSA) is 76.3 Å². The summed E-state index contributed by atoms with van der Waals surface area (Å²) in [5.41, 5.74) is 7.75. The zero-order valence-electron chi connectivity index (χ0n) is 10.0. The lowest BCUT2D eigenvalue weighted by atomic mass is 10.2. The molecule has 0 fully saturated rings. The van der Waals surface area contributed by atoms with E-state index in [4.69, 9.17) is 5.73 Å². The number of nitrogens with zero attached hydrogens (tertiary/aromatic N) is 2. The molecule has 1 aliphatic rings. The Balaban J connectivity index is 2.03. The fourth-order valence-electron chi connectivity index (χ4n) is 2.10. The highest BCUT2D eigenvalue weighted by Gasteiger charge is 2.36. The minimum absolute atomic E-state index is 0.317. The number of carbonyl (C=O) groups is 2. The van der Waals surface area contributed by atoms with E-state index in [-0.39, 0.29) is 11.8 Å². The Hall–Kier alpha value is -2.53. The van der Waals surface area contributed by atoms with Crippen molar-refractivity contribution in [2.45, 2.75) is 6.54 Å². The predicted octanol–water partition coefficient (Wildman–Crippen LogP) is 1.34. The van der Waals surface area contributed by atoms with Crippen LogP contribution in [-0.4, -0.2) is 16.8 Å². The molecule has 0 unspecified atom stereocenters. The summed E-state index contributed by atoms with van der Waals surface area (Å²) in [7, 11) is 0. The minimum atomic E-state index is -0.339. The lowest BCUT2D eigenvalue weighted by molar-refractivity contribution is 0.0926. The number of nitrogens with two attached hydrogens (primary N) is 1. The van der Waals surface area contributed by atoms with Crippen molar-refractivity contribution < 1.29 is 9.59 Å². The van der Waals surface area contributed by atoms with Crippen LogP contribution in [-0.2, 0) is 6.54 Å². The van der Waals surface area contributed by atoms with Crippen LogP contribution in [0.1, 0.15) is 26.3 Å². The highest BCUT2D eigenvalue weighted by atomic mass is 16.2. The summed E-state index contributed by atoms with van der Waals surface area (Å²) in [4.78, 5) is 29.5. The molecule has 94 valence electrons. The van der Waals surface area contributed by atoms with E-state index in [0.717, 1.165) is 10.5 Å². The van der Waals surface area contributed by atoms with Crippen LogP contribution in [0.2, 0.25) is 0 Å². The zero-order valence-corrected chi connectivity index (χ0v) is 10.0. The first kappa shape index (κ1) is 11.6. The molecule has 1 aromatic heterocycles. The number of carbonyl (C=O) groups excluding carboxylic acids is 2. The van der Waals surface area contributed by atoms with Crippen LogP contribution in [0.15, 0.2) is 42.7 Å². The third kappa shape index (κ3) is 1.71. The third-order valence-electron chi connectivity index (χ3n) is 3.12. The van der Waals surface area contributed by atoms with Crippen molar-refractivity contribution in [3.05, 3.63) is 59.4 Å². The molecule has 0 bridgehead atoms. The molecule has 0 radical (unpaired) electrons. The molecular weight excluding hydrogens is 242 g/mol. The van der Waals surface area contributed by atoms with Crippen molar-refractivity contribution in [3.63, 3.8) is 0 Å². The van der Waals surface area contributed by atoms with Gasteiger partial charge in [-0.3, -0.25) is 14.6 Å². The van der Waals surface area contributed by atoms with Crippen LogP contribution in [0.3, 0.4) is 0 Å². The summed E-state index contributed by atoms with van der Waals surface area (Å²) in [6.45, 7) is 0.423. The van der Waals surface area contributed by atoms with Gasteiger partial charge in [0, 0.05) is 18.9 Å². The van der Waals surface area contributed by atoms with Crippen LogP contribution in [0, 0.1) is 0 Å². The molecule has 0 saturated carbocycles. The van der Waals surface area contributed by atoms with Gasteiger partial charge in [-0.2, -0.15) is 0 Å². The first-order valence-corrected chi connectivity index (χ1v) is 5.84. The summed E-state index contributed by atoms with van der Waals surface area (Å²) >= 11 is 0. The molecule has 0 saturated heterocycles. The van der Waals surface area contributed by atoms with Gasteiger partial charge in [0.15, 0.2) is 0 Å². The minimum Gasteiger partial charge on any atom is -0.326 e. The Morgan fingerprint density at radius 2 is 1.68 bits per heavy atom. The maximum atomic E-state index is 12.2. The summed E-state index contributed by atoms with van der Waals surface area (Å²) < 4.78 is 0. The number of rotatable bonds is 2. The molecule has 5 nitrogen and oxygen atoms in total. The normalized spacial score (nSPS) is 13.8. The molecule has 3 rings (SSSR count). The van der Waals surface area contributed by atoms with Gasteiger partial charge in [-0.25, -0.2) is 4.90 Å². The number of pyridine rings is 1. The average molecular weight is 253 g/mol. The van der Waals surface area contributed by atoms with E-state index >= 15 is 0 Å². The van der Waals surface area contributed by atoms with Crippen LogP contribution >= 0.6 is 0 Å². The quantitative estimate of drug-likeness (QED) is 0.819. The van der Waals surface area contributed by atoms with Gasteiger partial charge in [-0.15, -0.1) is 0 Å². The maximum absolute atomic E-state index is 12.2. The van der Waals surface area contributed by atoms with E-state index in [0.29, 0.717) is 23.4 Å². The molecule has 5 heteroatoms. The number of amides is 2. The monoisotopic (exact) mass is 253 g/mol. The standard InChI is InChI=1S/C14H11N3O2/c15-7-9-1-3-10(4-2-9)17-13(18)11-5-6-16-8-12(11)14(17)19/h1-6,8H,7,15H2. The van der Waals surface area contributed by atoms with Crippen molar-refractivity contribution in [3.8, 4) is 0 Å². The highest BCUT2D eigenvalue weighted by molar-refractivity contribution is 6.34. The second-order valence-corrected chi connectivity index (χ2v) is 4.24. The van der Waals surface area contributed by atoms with Crippen molar-refractivity contribution in [2.75, 3.05) is 4.90 Å². The zero-order chi connectivity index (χ0) is 13.4. The van der Waals surface area contributed by atoms with E-state index in [1.54, 1.807) is 30.3 Å². The number of imide groups is 1. The maximum Gasteiger partial charge on any atom is 0.267 e. The molecule has 2 aromatic rings.